The number of aryl methyl sites for hydroxylation is 3. The molecule has 0 radical (unpaired) electrons. The van der Waals surface area contributed by atoms with Crippen LogP contribution in [-0.2, 0) is 19.9 Å². The number of aromatic amines is 1. The highest BCUT2D eigenvalue weighted by atomic mass is 16.3. The quantitative estimate of drug-likeness (QED) is 0.767. The first-order valence-electron chi connectivity index (χ1n) is 9.24. The SMILES string of the molecule is Cn1cc([C@H](NC(=O)c2cc3c([nH]c2=O)CCCC3)C2CC(O)C2)cn1. The third-order valence-corrected chi connectivity index (χ3v) is 5.57. The molecule has 4 rings (SSSR count). The lowest BCUT2D eigenvalue weighted by atomic mass is 9.75. The number of aromatic nitrogens is 3. The Morgan fingerprint density at radius 3 is 2.85 bits per heavy atom. The normalized spacial score (nSPS) is 23.0. The van der Waals surface area contributed by atoms with Gasteiger partial charge in [-0.1, -0.05) is 0 Å². The van der Waals surface area contributed by atoms with E-state index in [0.29, 0.717) is 12.8 Å². The van der Waals surface area contributed by atoms with E-state index >= 15 is 0 Å². The molecule has 3 N–H and O–H groups in total. The first kappa shape index (κ1) is 17.0. The summed E-state index contributed by atoms with van der Waals surface area (Å²) < 4.78 is 1.69. The molecule has 1 amide bonds. The van der Waals surface area contributed by atoms with Crippen molar-refractivity contribution >= 4 is 5.91 Å². The highest BCUT2D eigenvalue weighted by Gasteiger charge is 2.36. The number of pyridine rings is 1. The maximum atomic E-state index is 12.8. The zero-order chi connectivity index (χ0) is 18.3. The predicted molar refractivity (Wildman–Crippen MR) is 95.9 cm³/mol. The Bertz CT molecular complexity index is 879. The van der Waals surface area contributed by atoms with Crippen molar-refractivity contribution in [2.75, 3.05) is 0 Å². The molecule has 1 saturated carbocycles. The lowest BCUT2D eigenvalue weighted by Gasteiger charge is -2.37. The highest BCUT2D eigenvalue weighted by molar-refractivity contribution is 5.94. The van der Waals surface area contributed by atoms with Gasteiger partial charge in [-0.15, -0.1) is 0 Å². The number of nitrogens with zero attached hydrogens (tertiary/aromatic N) is 2. The minimum atomic E-state index is -0.366. The van der Waals surface area contributed by atoms with Crippen LogP contribution in [0.25, 0.3) is 0 Å². The second kappa shape index (κ2) is 6.72. The molecule has 0 unspecified atom stereocenters. The summed E-state index contributed by atoms with van der Waals surface area (Å²) >= 11 is 0. The van der Waals surface area contributed by atoms with Crippen molar-refractivity contribution in [3.05, 3.63) is 51.2 Å². The molecule has 1 atom stereocenters. The molecule has 26 heavy (non-hydrogen) atoms. The Hall–Kier alpha value is -2.41. The summed E-state index contributed by atoms with van der Waals surface area (Å²) in [5.41, 5.74) is 2.76. The molecule has 2 aromatic heterocycles. The number of aliphatic hydroxyl groups excluding tert-OH is 1. The van der Waals surface area contributed by atoms with Gasteiger partial charge in [-0.3, -0.25) is 14.3 Å². The van der Waals surface area contributed by atoms with Gasteiger partial charge in [-0.25, -0.2) is 0 Å². The number of nitrogens with one attached hydrogen (secondary N) is 2. The maximum absolute atomic E-state index is 12.8. The van der Waals surface area contributed by atoms with Gasteiger partial charge in [-0.2, -0.15) is 5.10 Å². The summed E-state index contributed by atoms with van der Waals surface area (Å²) in [5, 5.41) is 16.9. The summed E-state index contributed by atoms with van der Waals surface area (Å²) in [6, 6.07) is 1.49. The molecule has 2 aromatic rings. The van der Waals surface area contributed by atoms with E-state index in [1.165, 1.54) is 0 Å². The monoisotopic (exact) mass is 356 g/mol. The van der Waals surface area contributed by atoms with Crippen molar-refractivity contribution in [2.24, 2.45) is 13.0 Å². The Balaban J connectivity index is 1.59. The van der Waals surface area contributed by atoms with Crippen LogP contribution in [0.2, 0.25) is 0 Å². The molecule has 0 aromatic carbocycles. The molecule has 7 heteroatoms. The standard InChI is InChI=1S/C19H24N4O3/c1-23-10-13(9-20-23)17(12-6-14(24)7-12)22-19(26)15-8-11-4-2-3-5-16(11)21-18(15)25/h8-10,12,14,17,24H,2-7H2,1H3,(H,21,25)(H,22,26)/t12?,14?,17-/m1/s1. The van der Waals surface area contributed by atoms with Crippen molar-refractivity contribution in [1.82, 2.24) is 20.1 Å². The number of hydrogen-bond donors (Lipinski definition) is 3. The molecule has 0 bridgehead atoms. The molecule has 2 aliphatic rings. The zero-order valence-electron chi connectivity index (χ0n) is 14.9. The molecule has 2 heterocycles. The first-order chi connectivity index (χ1) is 12.5. The van der Waals surface area contributed by atoms with E-state index in [9.17, 15) is 14.7 Å². The van der Waals surface area contributed by atoms with Crippen LogP contribution in [0.4, 0.5) is 0 Å². The Morgan fingerprint density at radius 1 is 1.38 bits per heavy atom. The third-order valence-electron chi connectivity index (χ3n) is 5.57. The van der Waals surface area contributed by atoms with Gasteiger partial charge in [0.2, 0.25) is 0 Å². The second-order valence-corrected chi connectivity index (χ2v) is 7.51. The average molecular weight is 356 g/mol. The molecule has 0 saturated heterocycles. The molecule has 1 fully saturated rings. The summed E-state index contributed by atoms with van der Waals surface area (Å²) in [7, 11) is 1.83. The van der Waals surface area contributed by atoms with Crippen LogP contribution in [0.15, 0.2) is 23.3 Å². The summed E-state index contributed by atoms with van der Waals surface area (Å²) in [6.07, 6.45) is 8.47. The van der Waals surface area contributed by atoms with E-state index in [2.05, 4.69) is 15.4 Å². The molecule has 7 nitrogen and oxygen atoms in total. The third kappa shape index (κ3) is 3.19. The fourth-order valence-corrected chi connectivity index (χ4v) is 4.04. The second-order valence-electron chi connectivity index (χ2n) is 7.51. The van der Waals surface area contributed by atoms with Crippen LogP contribution in [-0.4, -0.2) is 31.9 Å². The van der Waals surface area contributed by atoms with Crippen molar-refractivity contribution in [1.29, 1.82) is 0 Å². The lowest BCUT2D eigenvalue weighted by Crippen LogP contribution is -2.42. The number of carbonyl (C=O) groups excluding carboxylic acids is 1. The predicted octanol–water partition coefficient (Wildman–Crippen LogP) is 1.23. The number of rotatable bonds is 4. The van der Waals surface area contributed by atoms with Gasteiger partial charge >= 0.3 is 0 Å². The first-order valence-corrected chi connectivity index (χ1v) is 9.24. The van der Waals surface area contributed by atoms with Crippen molar-refractivity contribution < 1.29 is 9.90 Å². The van der Waals surface area contributed by atoms with Crippen molar-refractivity contribution in [3.8, 4) is 0 Å². The molecular weight excluding hydrogens is 332 g/mol. The van der Waals surface area contributed by atoms with Gasteiger partial charge in [0.15, 0.2) is 0 Å². The van der Waals surface area contributed by atoms with E-state index in [1.807, 2.05) is 13.2 Å². The van der Waals surface area contributed by atoms with Crippen molar-refractivity contribution in [2.45, 2.75) is 50.7 Å². The van der Waals surface area contributed by atoms with E-state index in [-0.39, 0.29) is 35.1 Å². The fraction of sp³-hybridized carbons (Fsp3) is 0.526. The van der Waals surface area contributed by atoms with Gasteiger partial charge in [0.1, 0.15) is 5.56 Å². The summed E-state index contributed by atoms with van der Waals surface area (Å²) in [6.45, 7) is 0. The number of hydrogen-bond acceptors (Lipinski definition) is 4. The van der Waals surface area contributed by atoms with E-state index in [1.54, 1.807) is 16.9 Å². The number of carbonyl (C=O) groups is 1. The molecule has 0 aliphatic heterocycles. The molecule has 2 aliphatic carbocycles. The molecule has 0 spiro atoms. The zero-order valence-corrected chi connectivity index (χ0v) is 14.9. The van der Waals surface area contributed by atoms with E-state index < -0.39 is 0 Å². The van der Waals surface area contributed by atoms with Crippen LogP contribution in [0.5, 0.6) is 0 Å². The number of amides is 1. The van der Waals surface area contributed by atoms with Crippen LogP contribution in [0.3, 0.4) is 0 Å². The van der Waals surface area contributed by atoms with Gasteiger partial charge < -0.3 is 15.4 Å². The van der Waals surface area contributed by atoms with Gasteiger partial charge in [0.25, 0.3) is 11.5 Å². The van der Waals surface area contributed by atoms with Gasteiger partial charge in [0, 0.05) is 24.5 Å². The van der Waals surface area contributed by atoms with E-state index in [0.717, 1.165) is 42.5 Å². The van der Waals surface area contributed by atoms with Crippen LogP contribution < -0.4 is 10.9 Å². The number of aliphatic hydroxyl groups is 1. The summed E-state index contributed by atoms with van der Waals surface area (Å²) in [5.74, 6) is -0.218. The Kier molecular flexibility index (Phi) is 4.40. The Labute approximate surface area is 151 Å². The summed E-state index contributed by atoms with van der Waals surface area (Å²) in [4.78, 5) is 28.1. The van der Waals surface area contributed by atoms with Crippen LogP contribution in [0.1, 0.15) is 58.9 Å². The topological polar surface area (TPSA) is 100 Å². The largest absolute Gasteiger partial charge is 0.393 e. The van der Waals surface area contributed by atoms with Crippen LogP contribution >= 0.6 is 0 Å². The molecule has 138 valence electrons. The van der Waals surface area contributed by atoms with Gasteiger partial charge in [-0.05, 0) is 56.1 Å². The number of H-pyrrole nitrogens is 1. The van der Waals surface area contributed by atoms with Crippen LogP contribution in [0, 0.1) is 5.92 Å². The highest BCUT2D eigenvalue weighted by Crippen LogP contribution is 2.38. The van der Waals surface area contributed by atoms with E-state index in [4.69, 9.17) is 0 Å². The Morgan fingerprint density at radius 2 is 2.15 bits per heavy atom. The minimum Gasteiger partial charge on any atom is -0.393 e. The maximum Gasteiger partial charge on any atom is 0.261 e. The van der Waals surface area contributed by atoms with Gasteiger partial charge in [0.05, 0.1) is 18.3 Å². The average Bonchev–Trinajstić information content (AvgIpc) is 3.02. The fourth-order valence-electron chi connectivity index (χ4n) is 4.04. The van der Waals surface area contributed by atoms with Crippen molar-refractivity contribution in [3.63, 3.8) is 0 Å². The minimum absolute atomic E-state index is 0.148. The number of fused-ring (bicyclic) bond motifs is 1. The lowest BCUT2D eigenvalue weighted by molar-refractivity contribution is 0.0235. The molecular formula is C19H24N4O3. The smallest absolute Gasteiger partial charge is 0.261 e.